The van der Waals surface area contributed by atoms with Crippen molar-refractivity contribution in [2.45, 2.75) is 0 Å². The molecule has 0 aliphatic carbocycles. The van der Waals surface area contributed by atoms with Crippen LogP contribution >= 0.6 is 6.04 Å². The van der Waals surface area contributed by atoms with Crippen LogP contribution in [0.3, 0.4) is 0 Å². The SMILES string of the molecule is NC(=O)P(=S)(c1ccccc1)c1ccccc1. The smallest absolute Gasteiger partial charge is 0.256 e. The van der Waals surface area contributed by atoms with E-state index in [1.807, 2.05) is 60.7 Å². The molecule has 2 N–H and O–H groups in total. The minimum atomic E-state index is -2.52. The van der Waals surface area contributed by atoms with E-state index >= 15 is 0 Å². The summed E-state index contributed by atoms with van der Waals surface area (Å²) in [6.45, 7) is 0. The van der Waals surface area contributed by atoms with E-state index in [-0.39, 0.29) is 0 Å². The number of nitrogens with two attached hydrogens (primary N) is 1. The molecule has 0 spiro atoms. The van der Waals surface area contributed by atoms with Crippen molar-refractivity contribution < 1.29 is 4.79 Å². The molecule has 2 aromatic rings. The van der Waals surface area contributed by atoms with Gasteiger partial charge in [-0.15, -0.1) is 0 Å². The maximum Gasteiger partial charge on any atom is 0.256 e. The van der Waals surface area contributed by atoms with Gasteiger partial charge in [0.2, 0.25) is 0 Å². The van der Waals surface area contributed by atoms with E-state index in [2.05, 4.69) is 0 Å². The Morgan fingerprint density at radius 1 is 0.882 bits per heavy atom. The van der Waals surface area contributed by atoms with Gasteiger partial charge >= 0.3 is 0 Å². The predicted octanol–water partition coefficient (Wildman–Crippen LogP) is 2.20. The molecular weight excluding hydrogens is 249 g/mol. The van der Waals surface area contributed by atoms with Crippen molar-refractivity contribution in [1.82, 2.24) is 0 Å². The number of hydrogen-bond donors (Lipinski definition) is 1. The third kappa shape index (κ3) is 2.17. The molecule has 17 heavy (non-hydrogen) atoms. The van der Waals surface area contributed by atoms with Gasteiger partial charge in [0.1, 0.15) is 0 Å². The van der Waals surface area contributed by atoms with E-state index in [0.717, 1.165) is 10.6 Å². The molecule has 0 atom stereocenters. The Kier molecular flexibility index (Phi) is 3.41. The Morgan fingerprint density at radius 3 is 1.53 bits per heavy atom. The van der Waals surface area contributed by atoms with Crippen LogP contribution in [0.5, 0.6) is 0 Å². The zero-order valence-corrected chi connectivity index (χ0v) is 10.8. The summed E-state index contributed by atoms with van der Waals surface area (Å²) in [5, 5.41) is 1.68. The van der Waals surface area contributed by atoms with E-state index in [9.17, 15) is 4.79 Å². The number of rotatable bonds is 3. The maximum atomic E-state index is 11.8. The van der Waals surface area contributed by atoms with Gasteiger partial charge in [-0.05, 0) is 10.6 Å². The number of carbonyl (C=O) groups excluding carboxylic acids is 1. The van der Waals surface area contributed by atoms with Gasteiger partial charge < -0.3 is 5.73 Å². The highest BCUT2D eigenvalue weighted by Gasteiger charge is 2.28. The summed E-state index contributed by atoms with van der Waals surface area (Å²) in [7, 11) is 0. The average Bonchev–Trinajstić information content (AvgIpc) is 2.39. The Balaban J connectivity index is 2.64. The summed E-state index contributed by atoms with van der Waals surface area (Å²) >= 11 is 5.60. The van der Waals surface area contributed by atoms with Crippen molar-refractivity contribution in [1.29, 1.82) is 0 Å². The van der Waals surface area contributed by atoms with Crippen molar-refractivity contribution in [3.63, 3.8) is 0 Å². The Labute approximate surface area is 105 Å². The first-order valence-electron chi connectivity index (χ1n) is 5.17. The molecule has 0 heterocycles. The standard InChI is InChI=1S/C13H12NOPS/c14-13(15)16(17,11-7-3-1-4-8-11)12-9-5-2-6-10-12/h1-10H,(H2,14,15). The first-order valence-corrected chi connectivity index (χ1v) is 7.97. The number of primary amides is 1. The second-order valence-electron chi connectivity index (χ2n) is 3.62. The van der Waals surface area contributed by atoms with Crippen LogP contribution in [-0.2, 0) is 11.8 Å². The fraction of sp³-hybridized carbons (Fsp3) is 0. The molecule has 0 aromatic heterocycles. The minimum Gasteiger partial charge on any atom is -0.365 e. The molecular formula is C13H12NOPS. The lowest BCUT2D eigenvalue weighted by Crippen LogP contribution is -2.25. The monoisotopic (exact) mass is 261 g/mol. The van der Waals surface area contributed by atoms with Crippen molar-refractivity contribution in [3.8, 4) is 0 Å². The molecule has 2 rings (SSSR count). The normalized spacial score (nSPS) is 11.1. The summed E-state index contributed by atoms with van der Waals surface area (Å²) in [4.78, 5) is 11.8. The fourth-order valence-electron chi connectivity index (χ4n) is 1.68. The molecule has 0 radical (unpaired) electrons. The summed E-state index contributed by atoms with van der Waals surface area (Å²) in [6.07, 6.45) is 0. The van der Waals surface area contributed by atoms with Crippen LogP contribution in [-0.4, -0.2) is 5.65 Å². The molecule has 4 heteroatoms. The molecule has 86 valence electrons. The van der Waals surface area contributed by atoms with Crippen molar-refractivity contribution in [2.24, 2.45) is 5.73 Å². The van der Waals surface area contributed by atoms with Gasteiger partial charge in [-0.2, -0.15) is 0 Å². The lowest BCUT2D eigenvalue weighted by atomic mass is 10.4. The molecule has 0 bridgehead atoms. The van der Waals surface area contributed by atoms with Crippen LogP contribution in [0.4, 0.5) is 4.79 Å². The molecule has 0 aliphatic rings. The fourth-order valence-corrected chi connectivity index (χ4v) is 4.40. The van der Waals surface area contributed by atoms with Gasteiger partial charge in [0.15, 0.2) is 0 Å². The highest BCUT2D eigenvalue weighted by Crippen LogP contribution is 2.43. The van der Waals surface area contributed by atoms with E-state index in [0.29, 0.717) is 0 Å². The van der Waals surface area contributed by atoms with Crippen molar-refractivity contribution >= 4 is 34.1 Å². The molecule has 0 saturated heterocycles. The number of amides is 1. The topological polar surface area (TPSA) is 43.1 Å². The van der Waals surface area contributed by atoms with Crippen molar-refractivity contribution in [2.75, 3.05) is 0 Å². The van der Waals surface area contributed by atoms with Crippen LogP contribution in [0.25, 0.3) is 0 Å². The summed E-state index contributed by atoms with van der Waals surface area (Å²) in [6, 6.07) is 16.3. The Hall–Kier alpha value is -1.44. The van der Waals surface area contributed by atoms with Crippen molar-refractivity contribution in [3.05, 3.63) is 60.7 Å². The van der Waals surface area contributed by atoms with Gasteiger partial charge in [0.25, 0.3) is 5.65 Å². The van der Waals surface area contributed by atoms with E-state index in [4.69, 9.17) is 17.5 Å². The molecule has 2 aromatic carbocycles. The van der Waals surface area contributed by atoms with Crippen LogP contribution in [0, 0.1) is 0 Å². The number of carbonyl (C=O) groups is 1. The number of hydrogen-bond acceptors (Lipinski definition) is 2. The molecule has 0 aliphatic heterocycles. The third-order valence-electron chi connectivity index (χ3n) is 2.55. The lowest BCUT2D eigenvalue weighted by molar-refractivity contribution is 0.266. The second kappa shape index (κ2) is 4.82. The zero-order valence-electron chi connectivity index (χ0n) is 9.11. The zero-order chi connectivity index (χ0) is 12.3. The van der Waals surface area contributed by atoms with E-state index in [1.165, 1.54) is 0 Å². The van der Waals surface area contributed by atoms with Crippen LogP contribution < -0.4 is 16.3 Å². The van der Waals surface area contributed by atoms with Gasteiger partial charge in [-0.3, -0.25) is 4.79 Å². The predicted molar refractivity (Wildman–Crippen MR) is 76.0 cm³/mol. The average molecular weight is 261 g/mol. The molecule has 0 saturated carbocycles. The number of benzene rings is 2. The van der Waals surface area contributed by atoms with Gasteiger partial charge in [0, 0.05) is 0 Å². The first kappa shape index (κ1) is 12.0. The van der Waals surface area contributed by atoms with E-state index < -0.39 is 11.7 Å². The Bertz CT molecular complexity index is 525. The van der Waals surface area contributed by atoms with Crippen LogP contribution in [0.15, 0.2) is 60.7 Å². The third-order valence-corrected chi connectivity index (χ3v) is 7.03. The van der Waals surface area contributed by atoms with E-state index in [1.54, 1.807) is 0 Å². The molecule has 0 fully saturated rings. The maximum absolute atomic E-state index is 11.8. The minimum absolute atomic E-state index is 0.412. The second-order valence-corrected chi connectivity index (χ2v) is 7.95. The summed E-state index contributed by atoms with van der Waals surface area (Å²) in [5.74, 6) is 0. The summed E-state index contributed by atoms with van der Waals surface area (Å²) in [5.41, 5.74) is 5.13. The van der Waals surface area contributed by atoms with Crippen LogP contribution in [0.1, 0.15) is 0 Å². The lowest BCUT2D eigenvalue weighted by Gasteiger charge is -2.19. The largest absolute Gasteiger partial charge is 0.365 e. The highest BCUT2D eigenvalue weighted by molar-refractivity contribution is 8.29. The van der Waals surface area contributed by atoms with Gasteiger partial charge in [-0.1, -0.05) is 72.5 Å². The molecule has 2 nitrogen and oxygen atoms in total. The molecule has 0 unspecified atom stereocenters. The molecule has 1 amide bonds. The highest BCUT2D eigenvalue weighted by atomic mass is 32.4. The van der Waals surface area contributed by atoms with Crippen LogP contribution in [0.2, 0.25) is 0 Å². The first-order chi connectivity index (χ1) is 8.15. The van der Waals surface area contributed by atoms with Gasteiger partial charge in [0.05, 0.1) is 6.04 Å². The summed E-state index contributed by atoms with van der Waals surface area (Å²) < 4.78 is 0. The Morgan fingerprint density at radius 2 is 1.24 bits per heavy atom. The quantitative estimate of drug-likeness (QED) is 0.861. The van der Waals surface area contributed by atoms with Gasteiger partial charge in [-0.25, -0.2) is 0 Å².